The van der Waals surface area contributed by atoms with Gasteiger partial charge in [0.05, 0.1) is 19.6 Å². The first-order valence-corrected chi connectivity index (χ1v) is 11.1. The first-order valence-electron chi connectivity index (χ1n) is 11.1. The van der Waals surface area contributed by atoms with Gasteiger partial charge in [-0.3, -0.25) is 9.59 Å². The van der Waals surface area contributed by atoms with Gasteiger partial charge in [-0.2, -0.15) is 0 Å². The van der Waals surface area contributed by atoms with Crippen LogP contribution in [0.2, 0.25) is 0 Å². The average Bonchev–Trinajstić information content (AvgIpc) is 3.31. The average molecular weight is 413 g/mol. The predicted molar refractivity (Wildman–Crippen MR) is 114 cm³/mol. The molecule has 1 N–H and O–H groups in total. The highest BCUT2D eigenvalue weighted by Gasteiger charge is 2.51. The second kappa shape index (κ2) is 8.70. The fourth-order valence-electron chi connectivity index (χ4n) is 5.35. The van der Waals surface area contributed by atoms with Gasteiger partial charge in [-0.1, -0.05) is 18.9 Å². The minimum absolute atomic E-state index is 0.0331. The number of hydrogen-bond donors (Lipinski definition) is 1. The van der Waals surface area contributed by atoms with Crippen LogP contribution in [-0.4, -0.2) is 37.0 Å². The normalized spacial score (nSPS) is 24.3. The molecule has 1 unspecified atom stereocenters. The minimum atomic E-state index is -0.586. The SMILES string of the molecule is COc1cc(CNC(=O)C23CCCC=C2N(C2CCCC2)C(=O)CC3)cc(OC)c1. The lowest BCUT2D eigenvalue weighted by molar-refractivity contribution is -0.142. The summed E-state index contributed by atoms with van der Waals surface area (Å²) < 4.78 is 10.7. The lowest BCUT2D eigenvalue weighted by Crippen LogP contribution is -2.55. The van der Waals surface area contributed by atoms with Crippen molar-refractivity contribution >= 4 is 11.8 Å². The standard InChI is InChI=1S/C24H32N2O4/c1-29-19-13-17(14-20(15-19)30-2)16-25-23(28)24-11-6-5-9-21(24)26(22(27)10-12-24)18-7-3-4-8-18/h9,13-15,18H,3-8,10-12,16H2,1-2H3,(H,25,28). The van der Waals surface area contributed by atoms with Gasteiger partial charge in [0, 0.05) is 30.8 Å². The molecule has 2 amide bonds. The molecule has 4 rings (SSSR count). The first-order chi connectivity index (χ1) is 14.6. The quantitative estimate of drug-likeness (QED) is 0.769. The molecule has 2 fully saturated rings. The largest absolute Gasteiger partial charge is 0.497 e. The van der Waals surface area contributed by atoms with E-state index in [-0.39, 0.29) is 17.9 Å². The second-order valence-electron chi connectivity index (χ2n) is 8.67. The first kappa shape index (κ1) is 20.8. The Morgan fingerprint density at radius 2 is 1.80 bits per heavy atom. The molecular formula is C24H32N2O4. The monoisotopic (exact) mass is 412 g/mol. The number of carbonyl (C=O) groups excluding carboxylic acids is 2. The molecule has 1 aliphatic heterocycles. The topological polar surface area (TPSA) is 67.9 Å². The number of methoxy groups -OCH3 is 2. The Morgan fingerprint density at radius 3 is 2.47 bits per heavy atom. The molecule has 162 valence electrons. The number of carbonyl (C=O) groups is 2. The van der Waals surface area contributed by atoms with Crippen molar-refractivity contribution in [2.45, 2.75) is 70.4 Å². The van der Waals surface area contributed by atoms with Crippen LogP contribution in [0, 0.1) is 5.41 Å². The molecule has 2 aliphatic carbocycles. The third-order valence-corrected chi connectivity index (χ3v) is 6.92. The summed E-state index contributed by atoms with van der Waals surface area (Å²) in [5.41, 5.74) is 1.31. The number of nitrogens with one attached hydrogen (secondary N) is 1. The fourth-order valence-corrected chi connectivity index (χ4v) is 5.35. The van der Waals surface area contributed by atoms with Crippen molar-refractivity contribution in [3.05, 3.63) is 35.5 Å². The number of hydrogen-bond acceptors (Lipinski definition) is 4. The number of benzene rings is 1. The van der Waals surface area contributed by atoms with E-state index in [0.717, 1.165) is 43.4 Å². The van der Waals surface area contributed by atoms with E-state index < -0.39 is 5.41 Å². The zero-order chi connectivity index (χ0) is 21.1. The Bertz CT molecular complexity index is 821. The van der Waals surface area contributed by atoms with Crippen LogP contribution in [0.4, 0.5) is 0 Å². The highest BCUT2D eigenvalue weighted by atomic mass is 16.5. The summed E-state index contributed by atoms with van der Waals surface area (Å²) >= 11 is 0. The number of fused-ring (bicyclic) bond motifs is 1. The smallest absolute Gasteiger partial charge is 0.232 e. The van der Waals surface area contributed by atoms with Crippen molar-refractivity contribution < 1.29 is 19.1 Å². The summed E-state index contributed by atoms with van der Waals surface area (Å²) in [6.45, 7) is 0.402. The number of piperidine rings is 1. The highest BCUT2D eigenvalue weighted by molar-refractivity contribution is 5.91. The maximum atomic E-state index is 13.6. The number of likely N-dealkylation sites (tertiary alicyclic amines) is 1. The number of amides is 2. The zero-order valence-electron chi connectivity index (χ0n) is 18.0. The summed E-state index contributed by atoms with van der Waals surface area (Å²) in [4.78, 5) is 28.4. The van der Waals surface area contributed by atoms with E-state index in [2.05, 4.69) is 11.4 Å². The van der Waals surface area contributed by atoms with Gasteiger partial charge in [-0.05, 0) is 56.2 Å². The van der Waals surface area contributed by atoms with Gasteiger partial charge >= 0.3 is 0 Å². The Kier molecular flexibility index (Phi) is 6.02. The van der Waals surface area contributed by atoms with Crippen LogP contribution in [0.15, 0.2) is 30.0 Å². The van der Waals surface area contributed by atoms with Crippen LogP contribution in [0.5, 0.6) is 11.5 Å². The summed E-state index contributed by atoms with van der Waals surface area (Å²) in [6.07, 6.45) is 10.4. The van der Waals surface area contributed by atoms with Gasteiger partial charge < -0.3 is 19.7 Å². The van der Waals surface area contributed by atoms with Crippen LogP contribution in [-0.2, 0) is 16.1 Å². The molecule has 6 nitrogen and oxygen atoms in total. The molecule has 1 saturated heterocycles. The fraction of sp³-hybridized carbons (Fsp3) is 0.583. The van der Waals surface area contributed by atoms with Crippen LogP contribution >= 0.6 is 0 Å². The molecule has 1 saturated carbocycles. The van der Waals surface area contributed by atoms with Crippen LogP contribution in [0.25, 0.3) is 0 Å². The lowest BCUT2D eigenvalue weighted by atomic mass is 9.68. The zero-order valence-corrected chi connectivity index (χ0v) is 18.0. The maximum Gasteiger partial charge on any atom is 0.232 e. The maximum absolute atomic E-state index is 13.6. The molecule has 0 aromatic heterocycles. The number of ether oxygens (including phenoxy) is 2. The molecule has 1 atom stereocenters. The molecule has 0 bridgehead atoms. The van der Waals surface area contributed by atoms with Crippen molar-refractivity contribution in [2.75, 3.05) is 14.2 Å². The van der Waals surface area contributed by atoms with E-state index in [0.29, 0.717) is 30.9 Å². The predicted octanol–water partition coefficient (Wildman–Crippen LogP) is 3.94. The lowest BCUT2D eigenvalue weighted by Gasteiger charge is -2.48. The van der Waals surface area contributed by atoms with Gasteiger partial charge in [0.1, 0.15) is 11.5 Å². The number of allylic oxidation sites excluding steroid dienone is 1. The van der Waals surface area contributed by atoms with Crippen LogP contribution in [0.1, 0.15) is 63.4 Å². The summed E-state index contributed by atoms with van der Waals surface area (Å²) in [6, 6.07) is 5.90. The van der Waals surface area contributed by atoms with Gasteiger partial charge in [0.2, 0.25) is 11.8 Å². The van der Waals surface area contributed by atoms with Crippen molar-refractivity contribution in [3.63, 3.8) is 0 Å². The highest BCUT2D eigenvalue weighted by Crippen LogP contribution is 2.49. The molecule has 0 spiro atoms. The van der Waals surface area contributed by atoms with E-state index in [1.807, 2.05) is 23.1 Å². The summed E-state index contributed by atoms with van der Waals surface area (Å²) in [5, 5.41) is 3.16. The minimum Gasteiger partial charge on any atom is -0.497 e. The summed E-state index contributed by atoms with van der Waals surface area (Å²) in [5.74, 6) is 1.62. The molecule has 1 aromatic rings. The summed E-state index contributed by atoms with van der Waals surface area (Å²) in [7, 11) is 3.23. The van der Waals surface area contributed by atoms with Crippen LogP contribution < -0.4 is 14.8 Å². The van der Waals surface area contributed by atoms with E-state index in [1.165, 1.54) is 12.8 Å². The van der Waals surface area contributed by atoms with Crippen molar-refractivity contribution in [2.24, 2.45) is 5.41 Å². The van der Waals surface area contributed by atoms with Gasteiger partial charge in [0.15, 0.2) is 0 Å². The molecule has 6 heteroatoms. The van der Waals surface area contributed by atoms with E-state index >= 15 is 0 Å². The van der Waals surface area contributed by atoms with Gasteiger partial charge in [0.25, 0.3) is 0 Å². The molecular weight excluding hydrogens is 380 g/mol. The molecule has 1 aromatic carbocycles. The van der Waals surface area contributed by atoms with E-state index in [1.54, 1.807) is 14.2 Å². The van der Waals surface area contributed by atoms with E-state index in [9.17, 15) is 9.59 Å². The Labute approximate surface area is 178 Å². The number of rotatable bonds is 6. The van der Waals surface area contributed by atoms with Gasteiger partial charge in [-0.15, -0.1) is 0 Å². The van der Waals surface area contributed by atoms with Crippen LogP contribution in [0.3, 0.4) is 0 Å². The Hall–Kier alpha value is -2.50. The van der Waals surface area contributed by atoms with Crippen molar-refractivity contribution in [3.8, 4) is 11.5 Å². The molecule has 3 aliphatic rings. The molecule has 0 radical (unpaired) electrons. The van der Waals surface area contributed by atoms with Crippen molar-refractivity contribution in [1.29, 1.82) is 0 Å². The second-order valence-corrected chi connectivity index (χ2v) is 8.67. The third-order valence-electron chi connectivity index (χ3n) is 6.92. The van der Waals surface area contributed by atoms with Crippen molar-refractivity contribution in [1.82, 2.24) is 10.2 Å². The molecule has 1 heterocycles. The third kappa shape index (κ3) is 3.80. The van der Waals surface area contributed by atoms with E-state index in [4.69, 9.17) is 9.47 Å². The molecule has 30 heavy (non-hydrogen) atoms. The Morgan fingerprint density at radius 1 is 1.10 bits per heavy atom. The number of nitrogens with zero attached hydrogens (tertiary/aromatic N) is 1. The van der Waals surface area contributed by atoms with Gasteiger partial charge in [-0.25, -0.2) is 0 Å². The Balaban J connectivity index is 1.55.